The van der Waals surface area contributed by atoms with Gasteiger partial charge in [-0.3, -0.25) is 0 Å². The van der Waals surface area contributed by atoms with Crippen molar-refractivity contribution in [2.45, 2.75) is 41.5 Å². The fourth-order valence-electron chi connectivity index (χ4n) is 4.55. The fraction of sp³-hybridized carbons (Fsp3) is 0.429. The van der Waals surface area contributed by atoms with E-state index in [0.717, 1.165) is 49.8 Å². The SMILES string of the molecule is CCN1CCC2[C@@H](CC1)c1cc(S(=O)(=O)c3cccc(F)c3)ccc1N2C. The van der Waals surface area contributed by atoms with E-state index in [1.165, 1.54) is 18.2 Å². The molecule has 2 aromatic carbocycles. The number of sulfone groups is 1. The number of nitrogens with zero attached hydrogens (tertiary/aromatic N) is 2. The van der Waals surface area contributed by atoms with Gasteiger partial charge in [0.15, 0.2) is 0 Å². The first-order valence-corrected chi connectivity index (χ1v) is 11.0. The van der Waals surface area contributed by atoms with Crippen LogP contribution < -0.4 is 4.90 Å². The first-order chi connectivity index (χ1) is 12.9. The van der Waals surface area contributed by atoms with E-state index in [0.29, 0.717) is 12.0 Å². The molecule has 6 heteroatoms. The third kappa shape index (κ3) is 3.15. The fourth-order valence-corrected chi connectivity index (χ4v) is 5.88. The Morgan fingerprint density at radius 2 is 1.81 bits per heavy atom. The highest BCUT2D eigenvalue weighted by Crippen LogP contribution is 2.45. The Balaban J connectivity index is 1.73. The Bertz CT molecular complexity index is 960. The number of hydrogen-bond donors (Lipinski definition) is 0. The smallest absolute Gasteiger partial charge is 0.206 e. The molecule has 0 bridgehead atoms. The molecule has 27 heavy (non-hydrogen) atoms. The molecule has 1 fully saturated rings. The van der Waals surface area contributed by atoms with Crippen LogP contribution in [0.2, 0.25) is 0 Å². The van der Waals surface area contributed by atoms with Gasteiger partial charge in [0, 0.05) is 31.2 Å². The van der Waals surface area contributed by atoms with E-state index in [1.807, 2.05) is 12.1 Å². The van der Waals surface area contributed by atoms with Crippen LogP contribution in [0.3, 0.4) is 0 Å². The molecule has 0 spiro atoms. The van der Waals surface area contributed by atoms with Gasteiger partial charge < -0.3 is 9.80 Å². The number of likely N-dealkylation sites (N-methyl/N-ethyl adjacent to an activating group) is 1. The van der Waals surface area contributed by atoms with Crippen LogP contribution in [0, 0.1) is 5.82 Å². The minimum absolute atomic E-state index is 0.00313. The lowest BCUT2D eigenvalue weighted by atomic mass is 9.91. The Hall–Kier alpha value is -1.92. The number of fused-ring (bicyclic) bond motifs is 3. The molecule has 0 radical (unpaired) electrons. The summed E-state index contributed by atoms with van der Waals surface area (Å²) in [7, 11) is -1.63. The zero-order valence-electron chi connectivity index (χ0n) is 15.7. The maximum absolute atomic E-state index is 13.5. The van der Waals surface area contributed by atoms with Gasteiger partial charge in [-0.25, -0.2) is 12.8 Å². The molecule has 144 valence electrons. The Kier molecular flexibility index (Phi) is 4.72. The van der Waals surface area contributed by atoms with Crippen molar-refractivity contribution >= 4 is 15.5 Å². The zero-order valence-corrected chi connectivity index (χ0v) is 16.5. The summed E-state index contributed by atoms with van der Waals surface area (Å²) in [6, 6.07) is 11.0. The monoisotopic (exact) mass is 388 g/mol. The summed E-state index contributed by atoms with van der Waals surface area (Å²) in [5.74, 6) is -0.204. The van der Waals surface area contributed by atoms with E-state index < -0.39 is 15.7 Å². The normalized spacial score (nSPS) is 23.0. The van der Waals surface area contributed by atoms with E-state index >= 15 is 0 Å². The molecule has 2 aromatic rings. The molecule has 2 aliphatic rings. The number of benzene rings is 2. The average Bonchev–Trinajstić information content (AvgIpc) is 2.82. The van der Waals surface area contributed by atoms with E-state index in [4.69, 9.17) is 0 Å². The number of hydrogen-bond acceptors (Lipinski definition) is 4. The molecule has 2 atom stereocenters. The van der Waals surface area contributed by atoms with Crippen LogP contribution in [-0.4, -0.2) is 46.0 Å². The van der Waals surface area contributed by atoms with Crippen molar-refractivity contribution in [1.29, 1.82) is 0 Å². The van der Waals surface area contributed by atoms with E-state index in [2.05, 4.69) is 23.8 Å². The van der Waals surface area contributed by atoms with Crippen LogP contribution in [0.4, 0.5) is 10.1 Å². The van der Waals surface area contributed by atoms with Crippen molar-refractivity contribution in [3.05, 3.63) is 53.8 Å². The van der Waals surface area contributed by atoms with Crippen LogP contribution >= 0.6 is 0 Å². The second-order valence-corrected chi connectivity index (χ2v) is 9.43. The molecule has 4 rings (SSSR count). The van der Waals surface area contributed by atoms with Gasteiger partial charge in [-0.1, -0.05) is 13.0 Å². The first-order valence-electron chi connectivity index (χ1n) is 9.51. The summed E-state index contributed by atoms with van der Waals surface area (Å²) < 4.78 is 39.6. The molecule has 0 amide bonds. The third-order valence-electron chi connectivity index (χ3n) is 6.10. The van der Waals surface area contributed by atoms with Crippen molar-refractivity contribution in [3.63, 3.8) is 0 Å². The summed E-state index contributed by atoms with van der Waals surface area (Å²) in [6.45, 7) is 5.34. The molecule has 1 saturated heterocycles. The quantitative estimate of drug-likeness (QED) is 0.804. The molecule has 0 saturated carbocycles. The van der Waals surface area contributed by atoms with Gasteiger partial charge in [0.1, 0.15) is 5.82 Å². The Morgan fingerprint density at radius 1 is 1.07 bits per heavy atom. The summed E-state index contributed by atoms with van der Waals surface area (Å²) in [5.41, 5.74) is 2.23. The molecular formula is C21H25FN2O2S. The molecule has 0 aliphatic carbocycles. The van der Waals surface area contributed by atoms with Gasteiger partial charge in [-0.15, -0.1) is 0 Å². The topological polar surface area (TPSA) is 40.6 Å². The summed E-state index contributed by atoms with van der Waals surface area (Å²) in [4.78, 5) is 5.01. The highest BCUT2D eigenvalue weighted by molar-refractivity contribution is 7.91. The van der Waals surface area contributed by atoms with Crippen LogP contribution in [0.25, 0.3) is 0 Å². The number of likely N-dealkylation sites (tertiary alicyclic amines) is 1. The van der Waals surface area contributed by atoms with Crippen LogP contribution in [0.5, 0.6) is 0 Å². The summed E-state index contributed by atoms with van der Waals surface area (Å²) in [5, 5.41) is 0. The molecule has 4 nitrogen and oxygen atoms in total. The van der Waals surface area contributed by atoms with Crippen LogP contribution in [0.15, 0.2) is 52.3 Å². The van der Waals surface area contributed by atoms with Gasteiger partial charge in [-0.05, 0) is 67.9 Å². The average molecular weight is 389 g/mol. The molecule has 2 heterocycles. The number of halogens is 1. The zero-order chi connectivity index (χ0) is 19.2. The largest absolute Gasteiger partial charge is 0.371 e. The first kappa shape index (κ1) is 18.4. The minimum atomic E-state index is -3.73. The van der Waals surface area contributed by atoms with Crippen molar-refractivity contribution in [3.8, 4) is 0 Å². The Labute approximate surface area is 160 Å². The molecule has 0 aromatic heterocycles. The molecular weight excluding hydrogens is 363 g/mol. The van der Waals surface area contributed by atoms with Gasteiger partial charge in [-0.2, -0.15) is 0 Å². The van der Waals surface area contributed by atoms with Crippen molar-refractivity contribution in [1.82, 2.24) is 4.90 Å². The summed E-state index contributed by atoms with van der Waals surface area (Å²) >= 11 is 0. The molecule has 2 aliphatic heterocycles. The van der Waals surface area contributed by atoms with Gasteiger partial charge in [0.25, 0.3) is 0 Å². The van der Waals surface area contributed by atoms with Crippen molar-refractivity contribution < 1.29 is 12.8 Å². The Morgan fingerprint density at radius 3 is 2.56 bits per heavy atom. The molecule has 0 N–H and O–H groups in total. The lowest BCUT2D eigenvalue weighted by Gasteiger charge is -2.25. The summed E-state index contributed by atoms with van der Waals surface area (Å²) in [6.07, 6.45) is 2.11. The predicted molar refractivity (Wildman–Crippen MR) is 105 cm³/mol. The van der Waals surface area contributed by atoms with E-state index in [1.54, 1.807) is 6.07 Å². The lowest BCUT2D eigenvalue weighted by Crippen LogP contribution is -2.31. The maximum Gasteiger partial charge on any atom is 0.206 e. The van der Waals surface area contributed by atoms with E-state index in [-0.39, 0.29) is 9.79 Å². The minimum Gasteiger partial charge on any atom is -0.371 e. The lowest BCUT2D eigenvalue weighted by molar-refractivity contribution is 0.298. The van der Waals surface area contributed by atoms with Gasteiger partial charge in [0.05, 0.1) is 9.79 Å². The van der Waals surface area contributed by atoms with E-state index in [9.17, 15) is 12.8 Å². The van der Waals surface area contributed by atoms with Crippen LogP contribution in [0.1, 0.15) is 31.2 Å². The predicted octanol–water partition coefficient (Wildman–Crippen LogP) is 3.68. The van der Waals surface area contributed by atoms with Crippen molar-refractivity contribution in [2.24, 2.45) is 0 Å². The third-order valence-corrected chi connectivity index (χ3v) is 7.85. The second-order valence-electron chi connectivity index (χ2n) is 7.48. The van der Waals surface area contributed by atoms with Gasteiger partial charge >= 0.3 is 0 Å². The maximum atomic E-state index is 13.5. The van der Waals surface area contributed by atoms with Crippen molar-refractivity contribution in [2.75, 3.05) is 31.6 Å². The molecule has 1 unspecified atom stereocenters. The second kappa shape index (κ2) is 6.91. The highest BCUT2D eigenvalue weighted by Gasteiger charge is 2.38. The standard InChI is InChI=1S/C21H25FN2O2S/c1-3-24-11-9-18-19-14-17(7-8-20(19)23(2)21(18)10-12-24)27(25,26)16-6-4-5-15(22)13-16/h4-8,13-14,18,21H,3,9-12H2,1-2H3/t18-,21?/m0/s1. The number of anilines is 1. The highest BCUT2D eigenvalue weighted by atomic mass is 32.2. The van der Waals surface area contributed by atoms with Crippen LogP contribution in [-0.2, 0) is 9.84 Å². The van der Waals surface area contributed by atoms with Gasteiger partial charge in [0.2, 0.25) is 9.84 Å². The number of rotatable bonds is 3.